The highest BCUT2D eigenvalue weighted by Crippen LogP contribution is 2.32. The molecule has 0 N–H and O–H groups in total. The molecule has 1 heterocycles. The second kappa shape index (κ2) is 7.09. The molecule has 2 aromatic rings. The Kier molecular flexibility index (Phi) is 5.08. The highest BCUT2D eigenvalue weighted by Gasteiger charge is 2.30. The molecule has 24 heavy (non-hydrogen) atoms. The molecule has 2 aromatic carbocycles. The van der Waals surface area contributed by atoms with Gasteiger partial charge in [0.2, 0.25) is 10.0 Å². The number of halogens is 2. The molecule has 0 bridgehead atoms. The van der Waals surface area contributed by atoms with Crippen molar-refractivity contribution in [3.8, 4) is 0 Å². The van der Waals surface area contributed by atoms with Crippen LogP contribution in [0.15, 0.2) is 48.5 Å². The van der Waals surface area contributed by atoms with E-state index in [4.69, 9.17) is 16.3 Å². The van der Waals surface area contributed by atoms with E-state index >= 15 is 0 Å². The molecule has 4 nitrogen and oxygen atoms in total. The minimum atomic E-state index is -3.71. The Morgan fingerprint density at radius 1 is 1.17 bits per heavy atom. The van der Waals surface area contributed by atoms with Gasteiger partial charge in [-0.2, -0.15) is 0 Å². The highest BCUT2D eigenvalue weighted by atomic mass is 35.5. The van der Waals surface area contributed by atoms with Crippen LogP contribution in [0.3, 0.4) is 0 Å². The second-order valence-corrected chi connectivity index (χ2v) is 7.88. The number of benzene rings is 2. The van der Waals surface area contributed by atoms with Crippen molar-refractivity contribution in [1.29, 1.82) is 0 Å². The Bertz CT molecular complexity index is 808. The fraction of sp³-hybridized carbons (Fsp3) is 0.294. The number of hydrogen-bond donors (Lipinski definition) is 0. The maximum absolute atomic E-state index is 13.5. The van der Waals surface area contributed by atoms with E-state index in [1.807, 2.05) is 0 Å². The summed E-state index contributed by atoms with van der Waals surface area (Å²) in [6, 6.07) is 12.5. The molecule has 0 radical (unpaired) electrons. The molecule has 0 aliphatic carbocycles. The van der Waals surface area contributed by atoms with E-state index in [1.54, 1.807) is 30.3 Å². The van der Waals surface area contributed by atoms with Gasteiger partial charge in [0.15, 0.2) is 0 Å². The Labute approximate surface area is 145 Å². The van der Waals surface area contributed by atoms with Gasteiger partial charge in [0.05, 0.1) is 28.3 Å². The number of para-hydroxylation sites is 1. The summed E-state index contributed by atoms with van der Waals surface area (Å²) in [7, 11) is -3.71. The predicted octanol–water partition coefficient (Wildman–Crippen LogP) is 4.13. The Hall–Kier alpha value is -1.63. The van der Waals surface area contributed by atoms with E-state index in [9.17, 15) is 12.8 Å². The second-order valence-electron chi connectivity index (χ2n) is 5.61. The van der Waals surface area contributed by atoms with Crippen LogP contribution in [-0.2, 0) is 14.8 Å². The van der Waals surface area contributed by atoms with Crippen LogP contribution in [0.5, 0.6) is 0 Å². The minimum absolute atomic E-state index is 0.124. The third kappa shape index (κ3) is 3.71. The molecule has 0 amide bonds. The zero-order chi connectivity index (χ0) is 17.2. The number of hydrogen-bond acceptors (Lipinski definition) is 3. The first kappa shape index (κ1) is 17.2. The largest absolute Gasteiger partial charge is 0.377 e. The molecule has 1 aliphatic rings. The van der Waals surface area contributed by atoms with Crippen LogP contribution in [0, 0.1) is 5.82 Å². The average Bonchev–Trinajstić information content (AvgIpc) is 3.04. The van der Waals surface area contributed by atoms with E-state index in [-0.39, 0.29) is 16.9 Å². The van der Waals surface area contributed by atoms with Crippen molar-refractivity contribution in [3.63, 3.8) is 0 Å². The minimum Gasteiger partial charge on any atom is -0.377 e. The highest BCUT2D eigenvalue weighted by molar-refractivity contribution is 7.93. The summed E-state index contributed by atoms with van der Waals surface area (Å²) in [4.78, 5) is 0. The number of sulfonamides is 1. The summed E-state index contributed by atoms with van der Waals surface area (Å²) in [5.74, 6) is -0.721. The van der Waals surface area contributed by atoms with Gasteiger partial charge < -0.3 is 4.74 Å². The molecule has 1 unspecified atom stereocenters. The maximum atomic E-state index is 13.5. The van der Waals surface area contributed by atoms with Gasteiger partial charge in [0.25, 0.3) is 0 Å². The van der Waals surface area contributed by atoms with E-state index in [2.05, 4.69) is 0 Å². The molecular weight excluding hydrogens is 353 g/mol. The first-order chi connectivity index (χ1) is 11.5. The fourth-order valence-corrected chi connectivity index (χ4v) is 4.66. The van der Waals surface area contributed by atoms with Crippen LogP contribution < -0.4 is 4.31 Å². The van der Waals surface area contributed by atoms with Gasteiger partial charge in [-0.3, -0.25) is 0 Å². The number of nitrogens with zero attached hydrogens (tertiary/aromatic N) is 1. The molecule has 1 aliphatic heterocycles. The number of rotatable bonds is 5. The first-order valence-electron chi connectivity index (χ1n) is 7.62. The lowest BCUT2D eigenvalue weighted by molar-refractivity contribution is 0.127. The number of ether oxygens (including phenoxy) is 1. The topological polar surface area (TPSA) is 46.6 Å². The molecule has 0 aromatic heterocycles. The Morgan fingerprint density at radius 2 is 1.92 bits per heavy atom. The zero-order valence-corrected chi connectivity index (χ0v) is 14.4. The van der Waals surface area contributed by atoms with Crippen LogP contribution in [0.25, 0.3) is 0 Å². The van der Waals surface area contributed by atoms with E-state index in [0.29, 0.717) is 24.4 Å². The third-order valence-corrected chi connectivity index (χ3v) is 5.89. The van der Waals surface area contributed by atoms with Gasteiger partial charge in [-0.15, -0.1) is 0 Å². The van der Waals surface area contributed by atoms with Crippen molar-refractivity contribution >= 4 is 33.0 Å². The van der Waals surface area contributed by atoms with Crippen molar-refractivity contribution in [2.45, 2.75) is 18.9 Å². The lowest BCUT2D eigenvalue weighted by Crippen LogP contribution is -2.33. The smallest absolute Gasteiger partial charge is 0.242 e. The zero-order valence-electron chi connectivity index (χ0n) is 12.9. The van der Waals surface area contributed by atoms with E-state index in [0.717, 1.165) is 12.5 Å². The van der Waals surface area contributed by atoms with Crippen LogP contribution in [0.2, 0.25) is 5.02 Å². The van der Waals surface area contributed by atoms with Crippen molar-refractivity contribution in [1.82, 2.24) is 0 Å². The standard InChI is InChI=1S/C17H17ClFNO3S/c18-16-11-14(8-9-17(16)19)20(13-5-2-1-3-6-13)24(21,22)12-15-7-4-10-23-15/h1-3,5-6,8-9,11,15H,4,7,10,12H2. The lowest BCUT2D eigenvalue weighted by Gasteiger charge is -2.26. The maximum Gasteiger partial charge on any atom is 0.242 e. The van der Waals surface area contributed by atoms with Crippen LogP contribution in [0.1, 0.15) is 12.8 Å². The summed E-state index contributed by atoms with van der Waals surface area (Å²) < 4.78 is 46.1. The lowest BCUT2D eigenvalue weighted by atomic mass is 10.2. The summed E-state index contributed by atoms with van der Waals surface area (Å²) in [6.45, 7) is 0.577. The Morgan fingerprint density at radius 3 is 2.54 bits per heavy atom. The van der Waals surface area contributed by atoms with Crippen molar-refractivity contribution in [2.24, 2.45) is 0 Å². The van der Waals surface area contributed by atoms with Gasteiger partial charge in [0, 0.05) is 6.61 Å². The van der Waals surface area contributed by atoms with Gasteiger partial charge in [-0.1, -0.05) is 29.8 Å². The van der Waals surface area contributed by atoms with E-state index < -0.39 is 15.8 Å². The molecule has 3 rings (SSSR count). The molecule has 1 fully saturated rings. The molecule has 128 valence electrons. The SMILES string of the molecule is O=S(=O)(CC1CCCO1)N(c1ccccc1)c1ccc(F)c(Cl)c1. The van der Waals surface area contributed by atoms with Crippen molar-refractivity contribution in [2.75, 3.05) is 16.7 Å². The normalized spacial score (nSPS) is 17.8. The summed E-state index contributed by atoms with van der Waals surface area (Å²) >= 11 is 5.84. The third-order valence-electron chi connectivity index (χ3n) is 3.83. The molecular formula is C17H17ClFNO3S. The molecule has 1 atom stereocenters. The Balaban J connectivity index is 2.03. The van der Waals surface area contributed by atoms with Gasteiger partial charge >= 0.3 is 0 Å². The van der Waals surface area contributed by atoms with Crippen LogP contribution in [0.4, 0.5) is 15.8 Å². The van der Waals surface area contributed by atoms with Gasteiger partial charge in [-0.05, 0) is 43.2 Å². The van der Waals surface area contributed by atoms with Crippen LogP contribution >= 0.6 is 11.6 Å². The van der Waals surface area contributed by atoms with Gasteiger partial charge in [-0.25, -0.2) is 17.1 Å². The monoisotopic (exact) mass is 369 g/mol. The van der Waals surface area contributed by atoms with E-state index in [1.165, 1.54) is 16.4 Å². The number of anilines is 2. The molecule has 1 saturated heterocycles. The summed E-state index contributed by atoms with van der Waals surface area (Å²) in [6.07, 6.45) is 1.25. The van der Waals surface area contributed by atoms with Crippen molar-refractivity contribution in [3.05, 3.63) is 59.4 Å². The molecule has 0 saturated carbocycles. The molecule has 0 spiro atoms. The quantitative estimate of drug-likeness (QED) is 0.796. The molecule has 7 heteroatoms. The summed E-state index contributed by atoms with van der Waals surface area (Å²) in [5.41, 5.74) is 0.767. The predicted molar refractivity (Wildman–Crippen MR) is 92.8 cm³/mol. The average molecular weight is 370 g/mol. The van der Waals surface area contributed by atoms with Crippen molar-refractivity contribution < 1.29 is 17.5 Å². The first-order valence-corrected chi connectivity index (χ1v) is 9.61. The fourth-order valence-electron chi connectivity index (χ4n) is 2.73. The van der Waals surface area contributed by atoms with Crippen LogP contribution in [-0.4, -0.2) is 26.9 Å². The van der Waals surface area contributed by atoms with Gasteiger partial charge in [0.1, 0.15) is 5.82 Å². The summed E-state index contributed by atoms with van der Waals surface area (Å²) in [5, 5.41) is -0.124.